The summed E-state index contributed by atoms with van der Waals surface area (Å²) >= 11 is 0. The molecule has 5 rings (SSSR count). The van der Waals surface area contributed by atoms with E-state index in [9.17, 15) is 4.79 Å². The fourth-order valence-corrected chi connectivity index (χ4v) is 4.56. The van der Waals surface area contributed by atoms with Crippen LogP contribution in [0.5, 0.6) is 0 Å². The van der Waals surface area contributed by atoms with Gasteiger partial charge in [0.05, 0.1) is 23.7 Å². The largest absolute Gasteiger partial charge is 0.340 e. The molecule has 0 spiro atoms. The SMILES string of the molecule is CCC12CCCN1c1nc(-c3cn[nH]c3-c3ccccc3)ncc1N(C)C2=O. The van der Waals surface area contributed by atoms with Gasteiger partial charge in [0, 0.05) is 19.2 Å². The molecule has 7 nitrogen and oxygen atoms in total. The first-order chi connectivity index (χ1) is 13.7. The number of anilines is 2. The van der Waals surface area contributed by atoms with Crippen molar-refractivity contribution in [3.8, 4) is 22.6 Å². The van der Waals surface area contributed by atoms with Crippen molar-refractivity contribution >= 4 is 17.4 Å². The molecule has 1 unspecified atom stereocenters. The number of fused-ring (bicyclic) bond motifs is 3. The average molecular weight is 374 g/mol. The Morgan fingerprint density at radius 3 is 2.82 bits per heavy atom. The Hall–Kier alpha value is -3.22. The Morgan fingerprint density at radius 2 is 2.04 bits per heavy atom. The number of rotatable bonds is 3. The first-order valence-corrected chi connectivity index (χ1v) is 9.68. The van der Waals surface area contributed by atoms with Crippen LogP contribution in [0, 0.1) is 0 Å². The lowest BCUT2D eigenvalue weighted by Crippen LogP contribution is -2.59. The van der Waals surface area contributed by atoms with Gasteiger partial charge in [-0.05, 0) is 19.3 Å². The second-order valence-corrected chi connectivity index (χ2v) is 7.43. The van der Waals surface area contributed by atoms with Crippen molar-refractivity contribution in [2.24, 2.45) is 0 Å². The summed E-state index contributed by atoms with van der Waals surface area (Å²) in [5, 5.41) is 7.30. The van der Waals surface area contributed by atoms with E-state index in [1.165, 1.54) is 0 Å². The zero-order valence-corrected chi connectivity index (χ0v) is 16.0. The van der Waals surface area contributed by atoms with Crippen LogP contribution < -0.4 is 9.80 Å². The molecule has 1 saturated heterocycles. The quantitative estimate of drug-likeness (QED) is 0.761. The third-order valence-corrected chi connectivity index (χ3v) is 6.09. The predicted molar refractivity (Wildman–Crippen MR) is 108 cm³/mol. The summed E-state index contributed by atoms with van der Waals surface area (Å²) in [5.41, 5.74) is 3.07. The number of aromatic amines is 1. The van der Waals surface area contributed by atoms with Gasteiger partial charge >= 0.3 is 0 Å². The maximum Gasteiger partial charge on any atom is 0.252 e. The van der Waals surface area contributed by atoms with Gasteiger partial charge < -0.3 is 9.80 Å². The summed E-state index contributed by atoms with van der Waals surface area (Å²) in [6.07, 6.45) is 6.16. The zero-order chi connectivity index (χ0) is 19.3. The van der Waals surface area contributed by atoms with E-state index in [1.54, 1.807) is 17.3 Å². The number of likely N-dealkylation sites (N-methyl/N-ethyl adjacent to an activating group) is 1. The van der Waals surface area contributed by atoms with E-state index in [2.05, 4.69) is 27.0 Å². The standard InChI is InChI=1S/C21H22N6O/c1-3-21-10-7-11-27(21)19-16(26(2)20(21)28)13-22-18(24-19)15-12-23-25-17(15)14-8-5-4-6-9-14/h4-6,8-9,12-13H,3,7,10-11H2,1-2H3,(H,23,25). The minimum atomic E-state index is -0.480. The van der Waals surface area contributed by atoms with Crippen LogP contribution in [0.3, 0.4) is 0 Å². The molecule has 28 heavy (non-hydrogen) atoms. The van der Waals surface area contributed by atoms with Gasteiger partial charge in [-0.15, -0.1) is 0 Å². The zero-order valence-electron chi connectivity index (χ0n) is 16.0. The fourth-order valence-electron chi connectivity index (χ4n) is 4.56. The number of carbonyl (C=O) groups excluding carboxylic acids is 1. The molecule has 1 fully saturated rings. The van der Waals surface area contributed by atoms with Crippen molar-refractivity contribution in [1.29, 1.82) is 0 Å². The second-order valence-electron chi connectivity index (χ2n) is 7.43. The minimum Gasteiger partial charge on any atom is -0.340 e. The Balaban J connectivity index is 1.65. The van der Waals surface area contributed by atoms with Crippen LogP contribution >= 0.6 is 0 Å². The molecule has 142 valence electrons. The van der Waals surface area contributed by atoms with E-state index in [0.29, 0.717) is 5.82 Å². The van der Waals surface area contributed by atoms with Gasteiger partial charge in [-0.25, -0.2) is 9.97 Å². The van der Waals surface area contributed by atoms with Crippen LogP contribution in [-0.2, 0) is 4.79 Å². The summed E-state index contributed by atoms with van der Waals surface area (Å²) in [5.74, 6) is 1.60. The first-order valence-electron chi connectivity index (χ1n) is 9.68. The first kappa shape index (κ1) is 16.9. The summed E-state index contributed by atoms with van der Waals surface area (Å²) in [6.45, 7) is 2.93. The lowest BCUT2D eigenvalue weighted by Gasteiger charge is -2.45. The van der Waals surface area contributed by atoms with E-state index in [0.717, 1.165) is 54.1 Å². The smallest absolute Gasteiger partial charge is 0.252 e. The van der Waals surface area contributed by atoms with E-state index in [4.69, 9.17) is 4.98 Å². The molecule has 2 aliphatic rings. The molecular weight excluding hydrogens is 352 g/mol. The number of aromatic nitrogens is 4. The molecule has 4 heterocycles. The molecule has 2 aromatic heterocycles. The highest BCUT2D eigenvalue weighted by molar-refractivity contribution is 6.07. The maximum atomic E-state index is 13.1. The molecule has 2 aliphatic heterocycles. The lowest BCUT2D eigenvalue weighted by atomic mass is 9.89. The number of amides is 1. The normalized spacial score (nSPS) is 21.0. The number of carbonyl (C=O) groups is 1. The van der Waals surface area contributed by atoms with Gasteiger partial charge in [0.1, 0.15) is 11.2 Å². The second kappa shape index (κ2) is 6.15. The molecule has 3 aromatic rings. The van der Waals surface area contributed by atoms with E-state index in [1.807, 2.05) is 37.4 Å². The van der Waals surface area contributed by atoms with E-state index >= 15 is 0 Å². The number of hydrogen-bond donors (Lipinski definition) is 1. The monoisotopic (exact) mass is 374 g/mol. The Labute approximate surface area is 163 Å². The van der Waals surface area contributed by atoms with Crippen molar-refractivity contribution in [2.45, 2.75) is 31.7 Å². The molecule has 0 saturated carbocycles. The molecule has 1 amide bonds. The van der Waals surface area contributed by atoms with Crippen LogP contribution in [0.15, 0.2) is 42.7 Å². The minimum absolute atomic E-state index is 0.143. The van der Waals surface area contributed by atoms with Crippen LogP contribution in [-0.4, -0.2) is 45.2 Å². The molecule has 1 N–H and O–H groups in total. The third kappa shape index (κ3) is 2.22. The van der Waals surface area contributed by atoms with Gasteiger partial charge in [-0.1, -0.05) is 37.3 Å². The van der Waals surface area contributed by atoms with Crippen LogP contribution in [0.4, 0.5) is 11.5 Å². The predicted octanol–water partition coefficient (Wildman–Crippen LogP) is 3.26. The molecule has 0 radical (unpaired) electrons. The van der Waals surface area contributed by atoms with Crippen LogP contribution in [0.1, 0.15) is 26.2 Å². The van der Waals surface area contributed by atoms with Gasteiger partial charge in [-0.2, -0.15) is 5.10 Å². The summed E-state index contributed by atoms with van der Waals surface area (Å²) in [4.78, 5) is 26.5. The number of nitrogens with one attached hydrogen (secondary N) is 1. The van der Waals surface area contributed by atoms with Crippen molar-refractivity contribution in [3.63, 3.8) is 0 Å². The highest BCUT2D eigenvalue weighted by atomic mass is 16.2. The molecule has 0 aliphatic carbocycles. The third-order valence-electron chi connectivity index (χ3n) is 6.09. The highest BCUT2D eigenvalue weighted by Crippen LogP contribution is 2.46. The van der Waals surface area contributed by atoms with Crippen molar-refractivity contribution in [2.75, 3.05) is 23.4 Å². The number of hydrogen-bond acceptors (Lipinski definition) is 5. The average Bonchev–Trinajstić information content (AvgIpc) is 3.40. The van der Waals surface area contributed by atoms with Gasteiger partial charge in [0.15, 0.2) is 11.6 Å². The molecular formula is C21H22N6O. The summed E-state index contributed by atoms with van der Waals surface area (Å²) in [6, 6.07) is 10.0. The molecule has 7 heteroatoms. The maximum absolute atomic E-state index is 13.1. The number of benzene rings is 1. The van der Waals surface area contributed by atoms with Crippen molar-refractivity contribution in [3.05, 3.63) is 42.7 Å². The summed E-state index contributed by atoms with van der Waals surface area (Å²) in [7, 11) is 1.82. The van der Waals surface area contributed by atoms with Gasteiger partial charge in [0.25, 0.3) is 5.91 Å². The van der Waals surface area contributed by atoms with Crippen molar-refractivity contribution in [1.82, 2.24) is 20.2 Å². The highest BCUT2D eigenvalue weighted by Gasteiger charge is 2.52. The topological polar surface area (TPSA) is 78.0 Å². The molecule has 0 bridgehead atoms. The van der Waals surface area contributed by atoms with E-state index < -0.39 is 5.54 Å². The Morgan fingerprint density at radius 1 is 1.21 bits per heavy atom. The number of H-pyrrole nitrogens is 1. The van der Waals surface area contributed by atoms with Crippen molar-refractivity contribution < 1.29 is 4.79 Å². The summed E-state index contributed by atoms with van der Waals surface area (Å²) < 4.78 is 0. The Bertz CT molecular complexity index is 1050. The van der Waals surface area contributed by atoms with Gasteiger partial charge in [-0.3, -0.25) is 9.89 Å². The van der Waals surface area contributed by atoms with Gasteiger partial charge in [0.2, 0.25) is 0 Å². The van der Waals surface area contributed by atoms with E-state index in [-0.39, 0.29) is 5.91 Å². The Kier molecular flexibility index (Phi) is 3.72. The van der Waals surface area contributed by atoms with Crippen LogP contribution in [0.25, 0.3) is 22.6 Å². The molecule has 1 atom stereocenters. The van der Waals surface area contributed by atoms with Crippen LogP contribution in [0.2, 0.25) is 0 Å². The number of nitrogens with zero attached hydrogens (tertiary/aromatic N) is 5. The lowest BCUT2D eigenvalue weighted by molar-refractivity contribution is -0.123. The fraction of sp³-hybridized carbons (Fsp3) is 0.333. The molecule has 1 aromatic carbocycles.